The maximum absolute atomic E-state index is 12.6. The minimum Gasteiger partial charge on any atom is -0.462 e. The van der Waals surface area contributed by atoms with E-state index in [0.29, 0.717) is 25.7 Å². The monoisotopic (exact) mass is 774 g/mol. The fraction of sp³-hybridized carbons (Fsp3) is 0.750. The summed E-state index contributed by atoms with van der Waals surface area (Å²) in [6.45, 7) is 1.55. The standard InChI is InChI=1S/C40H71O12P/c1-3-5-7-9-11-13-15-17-19-21-23-25-27-29-38(44)49-32-35(33-50-53(47,48)51-34-37(43)40(46)36(42)31-41)52-39(45)30-28-26-24-22-20-18-16-14-12-10-8-6-4-2/h9-12,21-24,35-37,40-43,46H,3-8,13-20,25-34H2,1-2H3,(H,47,48)/t35-,36-,37-,40+/m1/s1. The molecule has 0 aliphatic carbocycles. The molecule has 1 unspecified atom stereocenters. The molecule has 308 valence electrons. The van der Waals surface area contributed by atoms with Crippen LogP contribution in [0.4, 0.5) is 0 Å². The van der Waals surface area contributed by atoms with Crippen molar-refractivity contribution in [2.75, 3.05) is 26.4 Å². The maximum Gasteiger partial charge on any atom is 0.472 e. The van der Waals surface area contributed by atoms with Gasteiger partial charge < -0.3 is 34.8 Å². The third-order valence-electron chi connectivity index (χ3n) is 8.14. The molecule has 12 nitrogen and oxygen atoms in total. The number of allylic oxidation sites excluding steroid dienone is 8. The second-order valence-electron chi connectivity index (χ2n) is 13.2. The number of phosphoric acid groups is 1. The van der Waals surface area contributed by atoms with Gasteiger partial charge in [-0.3, -0.25) is 18.6 Å². The van der Waals surface area contributed by atoms with Crippen molar-refractivity contribution in [3.8, 4) is 0 Å². The molecule has 53 heavy (non-hydrogen) atoms. The van der Waals surface area contributed by atoms with Crippen LogP contribution in [-0.4, -0.2) is 88.1 Å². The molecule has 0 saturated heterocycles. The minimum absolute atomic E-state index is 0.0733. The number of hydrogen-bond acceptors (Lipinski definition) is 11. The van der Waals surface area contributed by atoms with Crippen molar-refractivity contribution < 1.29 is 58.0 Å². The molecule has 5 N–H and O–H groups in total. The van der Waals surface area contributed by atoms with E-state index >= 15 is 0 Å². The summed E-state index contributed by atoms with van der Waals surface area (Å²) in [5.74, 6) is -1.12. The Labute approximate surface area is 319 Å². The van der Waals surface area contributed by atoms with Crippen LogP contribution in [0.25, 0.3) is 0 Å². The lowest BCUT2D eigenvalue weighted by Crippen LogP contribution is -2.41. The van der Waals surface area contributed by atoms with Crippen molar-refractivity contribution in [2.45, 2.75) is 167 Å². The van der Waals surface area contributed by atoms with Gasteiger partial charge in [-0.15, -0.1) is 0 Å². The van der Waals surface area contributed by atoms with E-state index in [9.17, 15) is 34.4 Å². The Morgan fingerprint density at radius 2 is 0.962 bits per heavy atom. The predicted octanol–water partition coefficient (Wildman–Crippen LogP) is 7.72. The Morgan fingerprint density at radius 3 is 1.40 bits per heavy atom. The van der Waals surface area contributed by atoms with Crippen molar-refractivity contribution in [1.82, 2.24) is 0 Å². The lowest BCUT2D eigenvalue weighted by molar-refractivity contribution is -0.161. The zero-order valence-corrected chi connectivity index (χ0v) is 33.3. The zero-order chi connectivity index (χ0) is 39.4. The highest BCUT2D eigenvalue weighted by atomic mass is 31.2. The van der Waals surface area contributed by atoms with Crippen molar-refractivity contribution in [3.63, 3.8) is 0 Å². The van der Waals surface area contributed by atoms with Crippen LogP contribution in [-0.2, 0) is 32.7 Å². The number of unbranched alkanes of at least 4 members (excludes halogenated alkanes) is 12. The number of hydrogen-bond donors (Lipinski definition) is 5. The van der Waals surface area contributed by atoms with Crippen molar-refractivity contribution in [3.05, 3.63) is 48.6 Å². The van der Waals surface area contributed by atoms with E-state index in [1.165, 1.54) is 25.7 Å². The summed E-state index contributed by atoms with van der Waals surface area (Å²) in [7, 11) is -4.84. The van der Waals surface area contributed by atoms with Crippen LogP contribution in [0.1, 0.15) is 142 Å². The molecular formula is C40H71O12P. The van der Waals surface area contributed by atoms with Crippen molar-refractivity contribution >= 4 is 19.8 Å². The van der Waals surface area contributed by atoms with E-state index in [2.05, 4.69) is 54.8 Å². The van der Waals surface area contributed by atoms with E-state index in [1.807, 2.05) is 12.2 Å². The molecule has 0 aromatic rings. The van der Waals surface area contributed by atoms with Crippen LogP contribution in [0.5, 0.6) is 0 Å². The lowest BCUT2D eigenvalue weighted by atomic mass is 10.1. The molecule has 13 heteroatoms. The Hall–Kier alpha value is -2.15. The first-order chi connectivity index (χ1) is 25.6. The molecule has 0 heterocycles. The van der Waals surface area contributed by atoms with Gasteiger partial charge in [-0.2, -0.15) is 0 Å². The van der Waals surface area contributed by atoms with Gasteiger partial charge in [0.05, 0.1) is 19.8 Å². The summed E-state index contributed by atoms with van der Waals surface area (Å²) in [6.07, 6.45) is 29.2. The number of esters is 2. The molecule has 0 aromatic carbocycles. The predicted molar refractivity (Wildman–Crippen MR) is 208 cm³/mol. The summed E-state index contributed by atoms with van der Waals surface area (Å²) >= 11 is 0. The smallest absolute Gasteiger partial charge is 0.462 e. The minimum atomic E-state index is -4.84. The second kappa shape index (κ2) is 35.5. The first-order valence-corrected chi connectivity index (χ1v) is 21.3. The maximum atomic E-state index is 12.6. The van der Waals surface area contributed by atoms with Crippen LogP contribution in [0.3, 0.4) is 0 Å². The first kappa shape index (κ1) is 50.9. The Bertz CT molecular complexity index is 1060. The van der Waals surface area contributed by atoms with Crippen LogP contribution in [0.2, 0.25) is 0 Å². The molecule has 0 aromatic heterocycles. The van der Waals surface area contributed by atoms with Gasteiger partial charge in [0.15, 0.2) is 6.10 Å². The number of phosphoric ester groups is 1. The van der Waals surface area contributed by atoms with Crippen LogP contribution < -0.4 is 0 Å². The van der Waals surface area contributed by atoms with Gasteiger partial charge in [0.25, 0.3) is 0 Å². The van der Waals surface area contributed by atoms with Gasteiger partial charge in [-0.05, 0) is 89.9 Å². The highest BCUT2D eigenvalue weighted by Gasteiger charge is 2.30. The highest BCUT2D eigenvalue weighted by Crippen LogP contribution is 2.43. The molecule has 0 radical (unpaired) electrons. The molecule has 0 fully saturated rings. The number of ether oxygens (including phenoxy) is 2. The summed E-state index contributed by atoms with van der Waals surface area (Å²) in [4.78, 5) is 35.1. The van der Waals surface area contributed by atoms with E-state index in [1.54, 1.807) is 0 Å². The first-order valence-electron chi connectivity index (χ1n) is 19.8. The van der Waals surface area contributed by atoms with Gasteiger partial charge in [-0.25, -0.2) is 4.57 Å². The van der Waals surface area contributed by atoms with E-state index in [-0.39, 0.29) is 12.8 Å². The Balaban J connectivity index is 4.72. The zero-order valence-electron chi connectivity index (χ0n) is 32.4. The number of carbonyl (C=O) groups excluding carboxylic acids is 2. The normalized spacial score (nSPS) is 15.7. The molecule has 0 bridgehead atoms. The highest BCUT2D eigenvalue weighted by molar-refractivity contribution is 7.47. The summed E-state index contributed by atoms with van der Waals surface area (Å²) < 4.78 is 32.7. The molecule has 0 amide bonds. The quantitative estimate of drug-likeness (QED) is 0.0181. The lowest BCUT2D eigenvalue weighted by Gasteiger charge is -2.23. The summed E-state index contributed by atoms with van der Waals surface area (Å²) in [5.41, 5.74) is 0. The fourth-order valence-electron chi connectivity index (χ4n) is 4.83. The third kappa shape index (κ3) is 33.0. The average Bonchev–Trinajstić information content (AvgIpc) is 3.14. The van der Waals surface area contributed by atoms with E-state index in [4.69, 9.17) is 19.1 Å². The van der Waals surface area contributed by atoms with Crippen molar-refractivity contribution in [2.24, 2.45) is 0 Å². The topological polar surface area (TPSA) is 189 Å². The fourth-order valence-corrected chi connectivity index (χ4v) is 5.60. The van der Waals surface area contributed by atoms with Crippen LogP contribution in [0, 0.1) is 0 Å². The number of rotatable bonds is 36. The van der Waals surface area contributed by atoms with Gasteiger partial charge in [0, 0.05) is 12.8 Å². The van der Waals surface area contributed by atoms with Gasteiger partial charge in [0.1, 0.15) is 24.9 Å². The molecule has 0 saturated carbocycles. The van der Waals surface area contributed by atoms with E-state index < -0.39 is 70.6 Å². The number of carbonyl (C=O) groups is 2. The van der Waals surface area contributed by atoms with Gasteiger partial charge in [-0.1, -0.05) is 88.1 Å². The third-order valence-corrected chi connectivity index (χ3v) is 9.09. The molecule has 0 spiro atoms. The van der Waals surface area contributed by atoms with Gasteiger partial charge in [0.2, 0.25) is 0 Å². The Kier molecular flexibility index (Phi) is 34.1. The van der Waals surface area contributed by atoms with Crippen molar-refractivity contribution in [1.29, 1.82) is 0 Å². The SMILES string of the molecule is CCCCC=CCCCCC=CCCCC(=O)OC[C@H](COP(=O)(O)OC[C@@H](O)[C@@H](O)[C@H](O)CO)OC(=O)CCCC=CCCCCC=CCCCC. The van der Waals surface area contributed by atoms with Crippen LogP contribution >= 0.6 is 7.82 Å². The number of aliphatic hydroxyl groups is 4. The molecule has 0 rings (SSSR count). The van der Waals surface area contributed by atoms with E-state index in [0.717, 1.165) is 64.2 Å². The second-order valence-corrected chi connectivity index (χ2v) is 14.6. The average molecular weight is 775 g/mol. The van der Waals surface area contributed by atoms with Crippen LogP contribution in [0.15, 0.2) is 48.6 Å². The molecule has 0 aliphatic heterocycles. The molecular weight excluding hydrogens is 703 g/mol. The molecule has 0 aliphatic rings. The number of aliphatic hydroxyl groups excluding tert-OH is 4. The summed E-state index contributed by atoms with van der Waals surface area (Å²) in [6, 6.07) is 0. The molecule has 5 atom stereocenters. The van der Waals surface area contributed by atoms with Gasteiger partial charge >= 0.3 is 19.8 Å². The summed E-state index contributed by atoms with van der Waals surface area (Å²) in [5, 5.41) is 37.9. The Morgan fingerprint density at radius 1 is 0.566 bits per heavy atom. The largest absolute Gasteiger partial charge is 0.472 e.